The van der Waals surface area contributed by atoms with Gasteiger partial charge in [-0.2, -0.15) is 0 Å². The van der Waals surface area contributed by atoms with Crippen molar-refractivity contribution in [3.8, 4) is 0 Å². The molecule has 1 aliphatic rings. The van der Waals surface area contributed by atoms with E-state index in [9.17, 15) is 4.79 Å². The molecule has 1 amide bonds. The van der Waals surface area contributed by atoms with E-state index in [-0.39, 0.29) is 11.9 Å². The highest BCUT2D eigenvalue weighted by molar-refractivity contribution is 5.78. The maximum atomic E-state index is 11.1. The third-order valence-corrected chi connectivity index (χ3v) is 3.16. The summed E-state index contributed by atoms with van der Waals surface area (Å²) in [5, 5.41) is 6.42. The van der Waals surface area contributed by atoms with Crippen molar-refractivity contribution in [3.63, 3.8) is 0 Å². The second-order valence-electron chi connectivity index (χ2n) is 4.59. The number of carbonyl (C=O) groups excluding carboxylic acids is 1. The number of nitrogens with one attached hydrogen (secondary N) is 2. The average molecular weight is 232 g/mol. The van der Waals surface area contributed by atoms with Gasteiger partial charge in [-0.25, -0.2) is 0 Å². The lowest BCUT2D eigenvalue weighted by Gasteiger charge is -2.15. The van der Waals surface area contributed by atoms with Crippen molar-refractivity contribution in [1.82, 2.24) is 5.32 Å². The van der Waals surface area contributed by atoms with Gasteiger partial charge in [-0.15, -0.1) is 0 Å². The van der Waals surface area contributed by atoms with Crippen LogP contribution < -0.4 is 10.6 Å². The van der Waals surface area contributed by atoms with E-state index in [1.807, 2.05) is 0 Å². The molecule has 1 aliphatic heterocycles. The zero-order chi connectivity index (χ0) is 12.1. The molecule has 3 heteroatoms. The third kappa shape index (κ3) is 3.22. The van der Waals surface area contributed by atoms with Crippen molar-refractivity contribution in [2.45, 2.75) is 38.6 Å². The fourth-order valence-electron chi connectivity index (χ4n) is 2.24. The number of hydrogen-bond donors (Lipinski definition) is 2. The Hall–Kier alpha value is -1.51. The first kappa shape index (κ1) is 12.0. The predicted octanol–water partition coefficient (Wildman–Crippen LogP) is 2.33. The zero-order valence-corrected chi connectivity index (χ0v) is 10.3. The minimum Gasteiger partial charge on any atom is -0.383 e. The molecule has 0 bridgehead atoms. The molecule has 17 heavy (non-hydrogen) atoms. The first-order valence-corrected chi connectivity index (χ1v) is 6.40. The van der Waals surface area contributed by atoms with Crippen molar-refractivity contribution >= 4 is 11.6 Å². The first-order valence-electron chi connectivity index (χ1n) is 6.40. The lowest BCUT2D eigenvalue weighted by molar-refractivity contribution is -0.119. The fourth-order valence-corrected chi connectivity index (χ4v) is 2.24. The normalized spacial score (nSPS) is 19.1. The Bertz CT molecular complexity index is 390. The Morgan fingerprint density at radius 1 is 1.41 bits per heavy atom. The number of anilines is 1. The molecule has 92 valence electrons. The maximum Gasteiger partial charge on any atom is 0.220 e. The standard InChI is InChI=1S/C14H20N2O/c1-2-5-11-6-3-4-7-13(11)15-10-12-8-9-14(17)16-12/h3-4,6-7,12,15H,2,5,8-10H2,1H3,(H,16,17). The molecular weight excluding hydrogens is 212 g/mol. The van der Waals surface area contributed by atoms with Crippen molar-refractivity contribution in [1.29, 1.82) is 0 Å². The molecule has 0 radical (unpaired) electrons. The largest absolute Gasteiger partial charge is 0.383 e. The molecule has 1 unspecified atom stereocenters. The fraction of sp³-hybridized carbons (Fsp3) is 0.500. The smallest absolute Gasteiger partial charge is 0.220 e. The molecule has 0 aliphatic carbocycles. The molecule has 0 saturated carbocycles. The highest BCUT2D eigenvalue weighted by Gasteiger charge is 2.20. The zero-order valence-electron chi connectivity index (χ0n) is 10.3. The number of hydrogen-bond acceptors (Lipinski definition) is 2. The number of para-hydroxylation sites is 1. The molecule has 1 aromatic carbocycles. The summed E-state index contributed by atoms with van der Waals surface area (Å²) in [6.07, 6.45) is 3.86. The van der Waals surface area contributed by atoms with E-state index in [0.717, 1.165) is 25.8 Å². The van der Waals surface area contributed by atoms with Gasteiger partial charge in [0.05, 0.1) is 0 Å². The Labute approximate surface area is 103 Å². The SMILES string of the molecule is CCCc1ccccc1NCC1CCC(=O)N1. The van der Waals surface area contributed by atoms with E-state index < -0.39 is 0 Å². The molecule has 1 saturated heterocycles. The highest BCUT2D eigenvalue weighted by atomic mass is 16.1. The van der Waals surface area contributed by atoms with Crippen LogP contribution in [0.25, 0.3) is 0 Å². The molecule has 0 aromatic heterocycles. The lowest BCUT2D eigenvalue weighted by atomic mass is 10.1. The van der Waals surface area contributed by atoms with Crippen LogP contribution in [0.1, 0.15) is 31.7 Å². The lowest BCUT2D eigenvalue weighted by Crippen LogP contribution is -2.31. The molecule has 2 N–H and O–H groups in total. The number of aryl methyl sites for hydroxylation is 1. The molecule has 2 rings (SSSR count). The molecule has 3 nitrogen and oxygen atoms in total. The monoisotopic (exact) mass is 232 g/mol. The highest BCUT2D eigenvalue weighted by Crippen LogP contribution is 2.17. The summed E-state index contributed by atoms with van der Waals surface area (Å²) in [7, 11) is 0. The van der Waals surface area contributed by atoms with Gasteiger partial charge in [-0.05, 0) is 24.5 Å². The minimum absolute atomic E-state index is 0.179. The van der Waals surface area contributed by atoms with Gasteiger partial charge >= 0.3 is 0 Å². The quantitative estimate of drug-likeness (QED) is 0.818. The van der Waals surface area contributed by atoms with Gasteiger partial charge in [0.1, 0.15) is 0 Å². The summed E-state index contributed by atoms with van der Waals surface area (Å²) in [5.41, 5.74) is 2.56. The summed E-state index contributed by atoms with van der Waals surface area (Å²) in [6.45, 7) is 3.01. The van der Waals surface area contributed by atoms with Gasteiger partial charge in [0.15, 0.2) is 0 Å². The van der Waals surface area contributed by atoms with E-state index in [4.69, 9.17) is 0 Å². The summed E-state index contributed by atoms with van der Waals surface area (Å²) in [5.74, 6) is 0.179. The van der Waals surface area contributed by atoms with Gasteiger partial charge in [0.25, 0.3) is 0 Å². The summed E-state index contributed by atoms with van der Waals surface area (Å²) in [6, 6.07) is 8.69. The number of amides is 1. The minimum atomic E-state index is 0.179. The van der Waals surface area contributed by atoms with Crippen LogP contribution in [0.3, 0.4) is 0 Å². The van der Waals surface area contributed by atoms with Crippen LogP contribution in [0.5, 0.6) is 0 Å². The Kier molecular flexibility index (Phi) is 4.02. The van der Waals surface area contributed by atoms with Gasteiger partial charge in [0, 0.05) is 24.7 Å². The van der Waals surface area contributed by atoms with Crippen LogP contribution in [0.2, 0.25) is 0 Å². The second-order valence-corrected chi connectivity index (χ2v) is 4.59. The Morgan fingerprint density at radius 2 is 2.24 bits per heavy atom. The van der Waals surface area contributed by atoms with Crippen molar-refractivity contribution in [3.05, 3.63) is 29.8 Å². The van der Waals surface area contributed by atoms with Gasteiger partial charge in [0.2, 0.25) is 5.91 Å². The van der Waals surface area contributed by atoms with E-state index in [0.29, 0.717) is 6.42 Å². The second kappa shape index (κ2) is 5.71. The van der Waals surface area contributed by atoms with Crippen molar-refractivity contribution in [2.75, 3.05) is 11.9 Å². The number of benzene rings is 1. The Balaban J connectivity index is 1.91. The number of carbonyl (C=O) groups is 1. The molecular formula is C14H20N2O. The molecule has 1 heterocycles. The van der Waals surface area contributed by atoms with E-state index in [2.05, 4.69) is 41.8 Å². The van der Waals surface area contributed by atoms with Crippen molar-refractivity contribution in [2.24, 2.45) is 0 Å². The molecule has 1 fully saturated rings. The van der Waals surface area contributed by atoms with Gasteiger partial charge < -0.3 is 10.6 Å². The van der Waals surface area contributed by atoms with E-state index in [1.165, 1.54) is 11.3 Å². The van der Waals surface area contributed by atoms with Crippen LogP contribution in [0, 0.1) is 0 Å². The van der Waals surface area contributed by atoms with Crippen LogP contribution >= 0.6 is 0 Å². The molecule has 0 spiro atoms. The maximum absolute atomic E-state index is 11.1. The van der Waals surface area contributed by atoms with Crippen LogP contribution in [0.15, 0.2) is 24.3 Å². The molecule has 1 atom stereocenters. The summed E-state index contributed by atoms with van der Waals surface area (Å²) in [4.78, 5) is 11.1. The predicted molar refractivity (Wildman–Crippen MR) is 70.1 cm³/mol. The van der Waals surface area contributed by atoms with Crippen LogP contribution in [-0.4, -0.2) is 18.5 Å². The number of rotatable bonds is 5. The summed E-state index contributed by atoms with van der Waals surface area (Å²) >= 11 is 0. The first-order chi connectivity index (χ1) is 8.29. The van der Waals surface area contributed by atoms with Gasteiger partial charge in [-0.1, -0.05) is 31.5 Å². The van der Waals surface area contributed by atoms with Crippen LogP contribution in [0.4, 0.5) is 5.69 Å². The van der Waals surface area contributed by atoms with E-state index in [1.54, 1.807) is 0 Å². The van der Waals surface area contributed by atoms with Crippen molar-refractivity contribution < 1.29 is 4.79 Å². The molecule has 1 aromatic rings. The average Bonchev–Trinajstić information content (AvgIpc) is 2.74. The summed E-state index contributed by atoms with van der Waals surface area (Å²) < 4.78 is 0. The third-order valence-electron chi connectivity index (χ3n) is 3.16. The van der Waals surface area contributed by atoms with Gasteiger partial charge in [-0.3, -0.25) is 4.79 Å². The topological polar surface area (TPSA) is 41.1 Å². The van der Waals surface area contributed by atoms with E-state index >= 15 is 0 Å². The van der Waals surface area contributed by atoms with Crippen LogP contribution in [-0.2, 0) is 11.2 Å². The Morgan fingerprint density at radius 3 is 2.94 bits per heavy atom.